The van der Waals surface area contributed by atoms with Crippen LogP contribution in [0.1, 0.15) is 59.3 Å². The first-order chi connectivity index (χ1) is 14.1. The van der Waals surface area contributed by atoms with Crippen molar-refractivity contribution in [3.8, 4) is 5.75 Å². The first-order valence-electron chi connectivity index (χ1n) is 10.7. The van der Waals surface area contributed by atoms with E-state index in [0.717, 1.165) is 25.7 Å². The van der Waals surface area contributed by atoms with Gasteiger partial charge in [0.1, 0.15) is 0 Å². The number of fused-ring (bicyclic) bond motifs is 1. The van der Waals surface area contributed by atoms with E-state index >= 15 is 0 Å². The Labute approximate surface area is 178 Å². The van der Waals surface area contributed by atoms with E-state index in [0.29, 0.717) is 36.9 Å². The zero-order valence-electron chi connectivity index (χ0n) is 18.1. The number of aromatic nitrogens is 2. The van der Waals surface area contributed by atoms with E-state index in [9.17, 15) is 13.2 Å². The van der Waals surface area contributed by atoms with Gasteiger partial charge in [0.05, 0.1) is 12.5 Å². The van der Waals surface area contributed by atoms with Gasteiger partial charge in [-0.1, -0.05) is 12.8 Å². The highest BCUT2D eigenvalue weighted by Crippen LogP contribution is 2.40. The number of nitrogens with zero attached hydrogens (tertiary/aromatic N) is 4. The Morgan fingerprint density at radius 1 is 1.23 bits per heavy atom. The predicted molar refractivity (Wildman–Crippen MR) is 114 cm³/mol. The van der Waals surface area contributed by atoms with Gasteiger partial charge < -0.3 is 10.1 Å². The van der Waals surface area contributed by atoms with Crippen molar-refractivity contribution in [2.45, 2.75) is 83.0 Å². The number of hydrogen-bond acceptors (Lipinski definition) is 7. The van der Waals surface area contributed by atoms with Gasteiger partial charge in [-0.2, -0.15) is 9.29 Å². The van der Waals surface area contributed by atoms with Crippen LogP contribution in [0, 0.1) is 0 Å². The highest BCUT2D eigenvalue weighted by molar-refractivity contribution is 7.88. The molecule has 1 N–H and O–H groups in total. The Hall–Kier alpha value is -1.94. The molecule has 3 heterocycles. The number of carbonyl (C=O) groups is 1. The molecule has 1 saturated heterocycles. The molecule has 2 aliphatic heterocycles. The number of carbonyl (C=O) groups excluding carboxylic acids is 1. The molecule has 0 radical (unpaired) electrons. The zero-order valence-corrected chi connectivity index (χ0v) is 18.9. The molecule has 1 saturated carbocycles. The van der Waals surface area contributed by atoms with Crippen LogP contribution in [0.3, 0.4) is 0 Å². The molecule has 10 heteroatoms. The van der Waals surface area contributed by atoms with Crippen LogP contribution < -0.4 is 15.0 Å². The maximum absolute atomic E-state index is 13.1. The van der Waals surface area contributed by atoms with Crippen molar-refractivity contribution in [3.63, 3.8) is 0 Å². The molecule has 1 aromatic heterocycles. The Balaban J connectivity index is 1.56. The van der Waals surface area contributed by atoms with Gasteiger partial charge in [-0.3, -0.25) is 9.69 Å². The fourth-order valence-corrected chi connectivity index (χ4v) is 6.02. The van der Waals surface area contributed by atoms with Crippen LogP contribution in [0.2, 0.25) is 0 Å². The molecule has 1 aromatic rings. The summed E-state index contributed by atoms with van der Waals surface area (Å²) in [6.07, 6.45) is 8.38. The van der Waals surface area contributed by atoms with Crippen molar-refractivity contribution < 1.29 is 17.9 Å². The molecule has 1 amide bonds. The van der Waals surface area contributed by atoms with Gasteiger partial charge in [-0.15, -0.1) is 0 Å². The van der Waals surface area contributed by atoms with Crippen molar-refractivity contribution in [2.75, 3.05) is 23.0 Å². The molecule has 0 aromatic carbocycles. The lowest BCUT2D eigenvalue weighted by Gasteiger charge is -2.40. The number of ether oxygens (including phenoxy) is 1. The van der Waals surface area contributed by atoms with E-state index in [4.69, 9.17) is 4.74 Å². The summed E-state index contributed by atoms with van der Waals surface area (Å²) >= 11 is 0. The molecule has 1 aliphatic carbocycles. The fraction of sp³-hybridized carbons (Fsp3) is 0.750. The van der Waals surface area contributed by atoms with Crippen LogP contribution in [0.15, 0.2) is 6.20 Å². The van der Waals surface area contributed by atoms with E-state index in [1.165, 1.54) is 10.6 Å². The van der Waals surface area contributed by atoms with E-state index in [1.54, 1.807) is 20.0 Å². The van der Waals surface area contributed by atoms with E-state index < -0.39 is 15.6 Å². The maximum Gasteiger partial charge on any atom is 0.272 e. The van der Waals surface area contributed by atoms with Gasteiger partial charge in [-0.25, -0.2) is 13.4 Å². The van der Waals surface area contributed by atoms with Crippen molar-refractivity contribution in [3.05, 3.63) is 6.20 Å². The lowest BCUT2D eigenvalue weighted by molar-refractivity contribution is -0.133. The van der Waals surface area contributed by atoms with Gasteiger partial charge >= 0.3 is 0 Å². The van der Waals surface area contributed by atoms with Crippen molar-refractivity contribution >= 4 is 27.7 Å². The third kappa shape index (κ3) is 3.99. The lowest BCUT2D eigenvalue weighted by atomic mass is 10.0. The molecule has 166 valence electrons. The number of nitrogens with one attached hydrogen (secondary N) is 1. The predicted octanol–water partition coefficient (Wildman–Crippen LogP) is 2.15. The molecule has 9 nitrogen and oxygen atoms in total. The summed E-state index contributed by atoms with van der Waals surface area (Å²) < 4.78 is 31.2. The third-order valence-corrected chi connectivity index (χ3v) is 7.72. The summed E-state index contributed by atoms with van der Waals surface area (Å²) in [5.74, 6) is 1.43. The minimum atomic E-state index is -3.20. The van der Waals surface area contributed by atoms with Crippen LogP contribution in [0.4, 0.5) is 11.8 Å². The average Bonchev–Trinajstić information content (AvgIpc) is 3.16. The van der Waals surface area contributed by atoms with E-state index in [2.05, 4.69) is 15.3 Å². The van der Waals surface area contributed by atoms with Crippen LogP contribution >= 0.6 is 0 Å². The summed E-state index contributed by atoms with van der Waals surface area (Å²) in [6, 6.07) is 0.109. The van der Waals surface area contributed by atoms with Crippen molar-refractivity contribution in [2.24, 2.45) is 0 Å². The average molecular weight is 438 g/mol. The quantitative estimate of drug-likeness (QED) is 0.769. The monoisotopic (exact) mass is 437 g/mol. The fourth-order valence-electron chi connectivity index (χ4n) is 4.84. The SMILES string of the molecule is C[C@H]1CC(Nc2ncc3c(n2)N(C2CCCC2)C(=O)C(C)(C)O3)CCN1S(C)(=O)=O. The van der Waals surface area contributed by atoms with E-state index in [-0.39, 0.29) is 24.0 Å². The molecule has 1 unspecified atom stereocenters. The van der Waals surface area contributed by atoms with Crippen LogP contribution in [-0.4, -0.2) is 65.1 Å². The second-order valence-electron chi connectivity index (χ2n) is 9.20. The molecule has 2 atom stereocenters. The molecule has 4 rings (SSSR count). The summed E-state index contributed by atoms with van der Waals surface area (Å²) in [7, 11) is -3.20. The summed E-state index contributed by atoms with van der Waals surface area (Å²) in [5, 5.41) is 3.34. The Bertz CT molecular complexity index is 929. The van der Waals surface area contributed by atoms with Crippen LogP contribution in [0.5, 0.6) is 5.75 Å². The molecular formula is C20H31N5O4S. The minimum Gasteiger partial charge on any atom is -0.472 e. The van der Waals surface area contributed by atoms with Crippen molar-refractivity contribution in [1.82, 2.24) is 14.3 Å². The number of hydrogen-bond donors (Lipinski definition) is 1. The standard InChI is InChI=1S/C20H31N5O4S/c1-13-11-14(9-10-24(13)30(4,27)28)22-19-21-12-16-17(23-19)25(15-7-5-6-8-15)18(26)20(2,3)29-16/h12-15H,5-11H2,1-4H3,(H,21,22,23)/t13-,14?/m0/s1. The molecule has 0 bridgehead atoms. The largest absolute Gasteiger partial charge is 0.472 e. The summed E-state index contributed by atoms with van der Waals surface area (Å²) in [5.41, 5.74) is -0.943. The molecule has 0 spiro atoms. The number of piperidine rings is 1. The van der Waals surface area contributed by atoms with Crippen LogP contribution in [-0.2, 0) is 14.8 Å². The maximum atomic E-state index is 13.1. The Morgan fingerprint density at radius 2 is 1.93 bits per heavy atom. The van der Waals surface area contributed by atoms with Gasteiger partial charge in [0, 0.05) is 24.7 Å². The molecule has 30 heavy (non-hydrogen) atoms. The van der Waals surface area contributed by atoms with Gasteiger partial charge in [-0.05, 0) is 46.5 Å². The Morgan fingerprint density at radius 3 is 2.57 bits per heavy atom. The first kappa shape index (κ1) is 21.3. The topological polar surface area (TPSA) is 105 Å². The lowest BCUT2D eigenvalue weighted by Crippen LogP contribution is -2.56. The second-order valence-corrected chi connectivity index (χ2v) is 11.1. The van der Waals surface area contributed by atoms with Gasteiger partial charge in [0.2, 0.25) is 16.0 Å². The summed E-state index contributed by atoms with van der Waals surface area (Å²) in [6.45, 7) is 5.94. The first-order valence-corrected chi connectivity index (χ1v) is 12.5. The minimum absolute atomic E-state index is 0.0626. The number of rotatable bonds is 4. The van der Waals surface area contributed by atoms with Gasteiger partial charge in [0.25, 0.3) is 5.91 Å². The zero-order chi connectivity index (χ0) is 21.7. The van der Waals surface area contributed by atoms with Gasteiger partial charge in [0.15, 0.2) is 17.2 Å². The van der Waals surface area contributed by atoms with E-state index in [1.807, 2.05) is 11.8 Å². The third-order valence-electron chi connectivity index (χ3n) is 6.33. The summed E-state index contributed by atoms with van der Waals surface area (Å²) in [4.78, 5) is 24.0. The van der Waals surface area contributed by atoms with Crippen LogP contribution in [0.25, 0.3) is 0 Å². The highest BCUT2D eigenvalue weighted by atomic mass is 32.2. The number of anilines is 2. The number of amides is 1. The molecule has 2 fully saturated rings. The smallest absolute Gasteiger partial charge is 0.272 e. The molecular weight excluding hydrogens is 406 g/mol. The normalized spacial score (nSPS) is 27.6. The Kier molecular flexibility index (Phi) is 5.42. The number of sulfonamides is 1. The van der Waals surface area contributed by atoms with Crippen molar-refractivity contribution in [1.29, 1.82) is 0 Å². The highest BCUT2D eigenvalue weighted by Gasteiger charge is 2.45. The second kappa shape index (κ2) is 7.64. The molecule has 3 aliphatic rings.